The number of rotatable bonds is 7. The second kappa shape index (κ2) is 9.25. The van der Waals surface area contributed by atoms with E-state index >= 15 is 0 Å². The van der Waals surface area contributed by atoms with Crippen molar-refractivity contribution >= 4 is 27.7 Å². The molecule has 2 saturated heterocycles. The van der Waals surface area contributed by atoms with Crippen LogP contribution in [0.4, 0.5) is 0 Å². The average Bonchev–Trinajstić information content (AvgIpc) is 3.59. The molecule has 32 heavy (non-hydrogen) atoms. The number of nitrogens with zero attached hydrogens (tertiary/aromatic N) is 2. The molecule has 2 aromatic rings. The summed E-state index contributed by atoms with van der Waals surface area (Å²) in [6, 6.07) is 7.97. The minimum absolute atomic E-state index is 0.131. The Balaban J connectivity index is 1.35. The maximum atomic E-state index is 12.6. The Morgan fingerprint density at radius 1 is 1.00 bits per heavy atom. The number of likely N-dealkylation sites (tertiary alicyclic amines) is 1. The van der Waals surface area contributed by atoms with Gasteiger partial charge in [0.05, 0.1) is 11.2 Å². The van der Waals surface area contributed by atoms with Crippen LogP contribution >= 0.6 is 0 Å². The SMILES string of the molecule is O=C(COC(=O)C1CCCN1C(=O)c1ccco1)c1ccc(S(=O)(=O)N2CCCC2)cc1. The van der Waals surface area contributed by atoms with E-state index in [0.29, 0.717) is 32.5 Å². The summed E-state index contributed by atoms with van der Waals surface area (Å²) in [7, 11) is -3.56. The predicted octanol–water partition coefficient (Wildman–Crippen LogP) is 2.09. The number of ether oxygens (including phenoxy) is 1. The van der Waals surface area contributed by atoms with Crippen molar-refractivity contribution < 1.29 is 32.0 Å². The Bertz CT molecular complexity index is 1090. The first-order valence-electron chi connectivity index (χ1n) is 10.5. The van der Waals surface area contributed by atoms with Crippen LogP contribution in [0.15, 0.2) is 52.0 Å². The molecule has 2 aliphatic rings. The van der Waals surface area contributed by atoms with Crippen LogP contribution < -0.4 is 0 Å². The number of amides is 1. The van der Waals surface area contributed by atoms with Gasteiger partial charge in [0.15, 0.2) is 18.2 Å². The van der Waals surface area contributed by atoms with E-state index in [9.17, 15) is 22.8 Å². The number of ketones is 1. The van der Waals surface area contributed by atoms with E-state index in [4.69, 9.17) is 9.15 Å². The van der Waals surface area contributed by atoms with Crippen molar-refractivity contribution in [3.63, 3.8) is 0 Å². The summed E-state index contributed by atoms with van der Waals surface area (Å²) in [6.07, 6.45) is 4.16. The summed E-state index contributed by atoms with van der Waals surface area (Å²) in [5.74, 6) is -1.35. The molecule has 0 saturated carbocycles. The summed E-state index contributed by atoms with van der Waals surface area (Å²) in [6.45, 7) is 0.912. The van der Waals surface area contributed by atoms with Crippen LogP contribution in [0.3, 0.4) is 0 Å². The van der Waals surface area contributed by atoms with Crippen molar-refractivity contribution in [1.29, 1.82) is 0 Å². The highest BCUT2D eigenvalue weighted by atomic mass is 32.2. The molecule has 170 valence electrons. The Labute approximate surface area is 186 Å². The first kappa shape index (κ1) is 22.2. The second-order valence-corrected chi connectivity index (χ2v) is 9.74. The molecule has 4 rings (SSSR count). The van der Waals surface area contributed by atoms with Crippen LogP contribution in [0.2, 0.25) is 0 Å². The molecule has 2 aliphatic heterocycles. The fourth-order valence-corrected chi connectivity index (χ4v) is 5.52. The van der Waals surface area contributed by atoms with Crippen molar-refractivity contribution in [2.75, 3.05) is 26.2 Å². The van der Waals surface area contributed by atoms with Crippen LogP contribution in [0.25, 0.3) is 0 Å². The van der Waals surface area contributed by atoms with Gasteiger partial charge in [0.1, 0.15) is 6.04 Å². The molecule has 0 N–H and O–H groups in total. The fraction of sp³-hybridized carbons (Fsp3) is 0.409. The van der Waals surface area contributed by atoms with Crippen molar-refractivity contribution in [3.8, 4) is 0 Å². The van der Waals surface area contributed by atoms with Crippen LogP contribution in [-0.4, -0.2) is 67.6 Å². The smallest absolute Gasteiger partial charge is 0.329 e. The van der Waals surface area contributed by atoms with Crippen molar-refractivity contribution in [2.45, 2.75) is 36.6 Å². The highest BCUT2D eigenvalue weighted by Gasteiger charge is 2.37. The van der Waals surface area contributed by atoms with Gasteiger partial charge in [0.2, 0.25) is 10.0 Å². The van der Waals surface area contributed by atoms with Crippen LogP contribution in [-0.2, 0) is 19.6 Å². The van der Waals surface area contributed by atoms with Gasteiger partial charge in [-0.2, -0.15) is 4.31 Å². The molecule has 9 nitrogen and oxygen atoms in total. The maximum absolute atomic E-state index is 12.6. The lowest BCUT2D eigenvalue weighted by molar-refractivity contribution is -0.147. The minimum Gasteiger partial charge on any atom is -0.459 e. The number of benzene rings is 1. The summed E-state index contributed by atoms with van der Waals surface area (Å²) < 4.78 is 36.9. The second-order valence-electron chi connectivity index (χ2n) is 7.80. The van der Waals surface area contributed by atoms with Crippen LogP contribution in [0.1, 0.15) is 46.6 Å². The Kier molecular flexibility index (Phi) is 6.43. The highest BCUT2D eigenvalue weighted by Crippen LogP contribution is 2.23. The molecule has 1 unspecified atom stereocenters. The summed E-state index contributed by atoms with van der Waals surface area (Å²) >= 11 is 0. The minimum atomic E-state index is -3.56. The molecule has 0 bridgehead atoms. The molecule has 10 heteroatoms. The van der Waals surface area contributed by atoms with E-state index in [1.807, 2.05) is 0 Å². The van der Waals surface area contributed by atoms with Crippen LogP contribution in [0.5, 0.6) is 0 Å². The maximum Gasteiger partial charge on any atom is 0.329 e. The zero-order valence-corrected chi connectivity index (χ0v) is 18.3. The van der Waals surface area contributed by atoms with Gasteiger partial charge in [-0.1, -0.05) is 0 Å². The molecule has 1 amide bonds. The van der Waals surface area contributed by atoms with Gasteiger partial charge in [0, 0.05) is 25.2 Å². The van der Waals surface area contributed by atoms with Gasteiger partial charge < -0.3 is 14.1 Å². The molecule has 1 aromatic carbocycles. The largest absolute Gasteiger partial charge is 0.459 e. The number of carbonyl (C=O) groups excluding carboxylic acids is 3. The lowest BCUT2D eigenvalue weighted by Gasteiger charge is -2.22. The first-order chi connectivity index (χ1) is 15.4. The zero-order chi connectivity index (χ0) is 22.7. The fourth-order valence-electron chi connectivity index (χ4n) is 4.00. The van der Waals surface area contributed by atoms with Gasteiger partial charge in [-0.3, -0.25) is 9.59 Å². The van der Waals surface area contributed by atoms with Crippen molar-refractivity contribution in [2.24, 2.45) is 0 Å². The normalized spacial score (nSPS) is 19.2. The molecule has 0 radical (unpaired) electrons. The van der Waals surface area contributed by atoms with Gasteiger partial charge >= 0.3 is 5.97 Å². The van der Waals surface area contributed by atoms with E-state index in [0.717, 1.165) is 12.8 Å². The molecule has 1 aromatic heterocycles. The van der Waals surface area contributed by atoms with E-state index in [1.165, 1.54) is 45.8 Å². The van der Waals surface area contributed by atoms with Crippen molar-refractivity contribution in [1.82, 2.24) is 9.21 Å². The highest BCUT2D eigenvalue weighted by molar-refractivity contribution is 7.89. The zero-order valence-electron chi connectivity index (χ0n) is 17.4. The number of esters is 1. The number of carbonyl (C=O) groups is 3. The first-order valence-corrected chi connectivity index (χ1v) is 12.0. The van der Waals surface area contributed by atoms with E-state index in [-0.39, 0.29) is 16.2 Å². The monoisotopic (exact) mass is 460 g/mol. The van der Waals surface area contributed by atoms with E-state index in [1.54, 1.807) is 6.07 Å². The van der Waals surface area contributed by atoms with Crippen molar-refractivity contribution in [3.05, 3.63) is 54.0 Å². The lowest BCUT2D eigenvalue weighted by atomic mass is 10.1. The summed E-state index contributed by atoms with van der Waals surface area (Å²) in [4.78, 5) is 39.0. The van der Waals surface area contributed by atoms with Gasteiger partial charge in [-0.25, -0.2) is 13.2 Å². The molecule has 0 aliphatic carbocycles. The molecule has 1 atom stereocenters. The number of Topliss-reactive ketones (excluding diaryl/α,β-unsaturated/α-hetero) is 1. The molecule has 2 fully saturated rings. The Morgan fingerprint density at radius 3 is 2.38 bits per heavy atom. The topological polar surface area (TPSA) is 114 Å². The third-order valence-electron chi connectivity index (χ3n) is 5.74. The van der Waals surface area contributed by atoms with Gasteiger partial charge in [-0.15, -0.1) is 0 Å². The number of hydrogen-bond donors (Lipinski definition) is 0. The average molecular weight is 461 g/mol. The van der Waals surface area contributed by atoms with E-state index in [2.05, 4.69) is 0 Å². The quantitative estimate of drug-likeness (QED) is 0.459. The van der Waals surface area contributed by atoms with Gasteiger partial charge in [0.25, 0.3) is 5.91 Å². The third-order valence-corrected chi connectivity index (χ3v) is 7.66. The summed E-state index contributed by atoms with van der Waals surface area (Å²) in [5, 5.41) is 0. The molecular formula is C22H24N2O7S. The van der Waals surface area contributed by atoms with E-state index < -0.39 is 40.3 Å². The Hall–Kier alpha value is -2.98. The third kappa shape index (κ3) is 4.46. The standard InChI is InChI=1S/C22H24N2O7S/c25-19(16-7-9-17(10-8-16)32(28,29)23-11-1-2-12-23)15-31-22(27)18-5-3-13-24(18)21(26)20-6-4-14-30-20/h4,6-10,14,18H,1-3,5,11-13,15H2. The molecule has 0 spiro atoms. The predicted molar refractivity (Wildman–Crippen MR) is 112 cm³/mol. The summed E-state index contributed by atoms with van der Waals surface area (Å²) in [5.41, 5.74) is 0.244. The molecular weight excluding hydrogens is 436 g/mol. The Morgan fingerprint density at radius 2 is 1.72 bits per heavy atom. The number of furan rings is 1. The van der Waals surface area contributed by atoms with Crippen LogP contribution in [0, 0.1) is 0 Å². The lowest BCUT2D eigenvalue weighted by Crippen LogP contribution is -2.41. The number of hydrogen-bond acceptors (Lipinski definition) is 7. The number of sulfonamides is 1. The van der Waals surface area contributed by atoms with Gasteiger partial charge in [-0.05, 0) is 62.1 Å². The molecule has 3 heterocycles.